The fraction of sp³-hybridized carbons (Fsp3) is 0.440. The maximum Gasteiger partial charge on any atom is 0.338 e. The number of hydrogen-bond donors (Lipinski definition) is 0. The van der Waals surface area contributed by atoms with Crippen LogP contribution in [-0.2, 0) is 20.7 Å². The van der Waals surface area contributed by atoms with Crippen molar-refractivity contribution >= 4 is 11.9 Å². The molecule has 0 aromatic heterocycles. The predicted molar refractivity (Wildman–Crippen MR) is 112 cm³/mol. The van der Waals surface area contributed by atoms with E-state index in [4.69, 9.17) is 9.47 Å². The van der Waals surface area contributed by atoms with Gasteiger partial charge in [0.05, 0.1) is 12.2 Å². The van der Waals surface area contributed by atoms with Gasteiger partial charge in [-0.1, -0.05) is 62.4 Å². The molecule has 0 amide bonds. The van der Waals surface area contributed by atoms with E-state index in [0.29, 0.717) is 31.4 Å². The molecule has 2 aromatic carbocycles. The Kier molecular flexibility index (Phi) is 6.41. The normalized spacial score (nSPS) is 23.7. The van der Waals surface area contributed by atoms with Gasteiger partial charge in [-0.25, -0.2) is 4.79 Å². The van der Waals surface area contributed by atoms with Crippen LogP contribution in [-0.4, -0.2) is 24.1 Å². The van der Waals surface area contributed by atoms with Crippen molar-refractivity contribution in [2.24, 2.45) is 11.3 Å². The lowest BCUT2D eigenvalue weighted by molar-refractivity contribution is -0.171. The Labute approximate surface area is 173 Å². The summed E-state index contributed by atoms with van der Waals surface area (Å²) >= 11 is 0. The quantitative estimate of drug-likeness (QED) is 0.605. The molecule has 3 rings (SSSR count). The van der Waals surface area contributed by atoms with Crippen molar-refractivity contribution < 1.29 is 19.1 Å². The van der Waals surface area contributed by atoms with Crippen LogP contribution in [0.2, 0.25) is 0 Å². The van der Waals surface area contributed by atoms with Gasteiger partial charge in [-0.15, -0.1) is 0 Å². The van der Waals surface area contributed by atoms with Crippen LogP contribution < -0.4 is 0 Å². The standard InChI is InChI=1S/C25H30O4/c1-19(2)18-28-23(27)25(17-20-11-6-4-7-12-20)16-10-15-24(25,3)29-22(26)21-13-8-5-9-14-21/h4-9,11-14,19H,10,15-18H2,1-3H3. The summed E-state index contributed by atoms with van der Waals surface area (Å²) in [7, 11) is 0. The second kappa shape index (κ2) is 8.81. The molecular formula is C25H30O4. The van der Waals surface area contributed by atoms with Gasteiger partial charge in [0.1, 0.15) is 11.0 Å². The molecule has 0 N–H and O–H groups in total. The monoisotopic (exact) mass is 394 g/mol. The molecule has 29 heavy (non-hydrogen) atoms. The third-order valence-corrected chi connectivity index (χ3v) is 5.88. The zero-order valence-electron chi connectivity index (χ0n) is 17.5. The molecule has 1 fully saturated rings. The minimum atomic E-state index is -0.927. The van der Waals surface area contributed by atoms with Crippen molar-refractivity contribution in [2.45, 2.75) is 52.1 Å². The molecule has 2 aromatic rings. The van der Waals surface area contributed by atoms with Crippen molar-refractivity contribution in [1.82, 2.24) is 0 Å². The van der Waals surface area contributed by atoms with Gasteiger partial charge in [-0.05, 0) is 56.2 Å². The van der Waals surface area contributed by atoms with Gasteiger partial charge in [0.25, 0.3) is 0 Å². The minimum absolute atomic E-state index is 0.243. The summed E-state index contributed by atoms with van der Waals surface area (Å²) in [5.74, 6) is -0.424. The number of carbonyl (C=O) groups is 2. The summed E-state index contributed by atoms with van der Waals surface area (Å²) in [5.41, 5.74) is -0.292. The number of carbonyl (C=O) groups excluding carboxylic acids is 2. The fourth-order valence-corrected chi connectivity index (χ4v) is 4.21. The smallest absolute Gasteiger partial charge is 0.338 e. The lowest BCUT2D eigenvalue weighted by atomic mass is 9.70. The molecule has 154 valence electrons. The molecular weight excluding hydrogens is 364 g/mol. The summed E-state index contributed by atoms with van der Waals surface area (Å²) in [4.78, 5) is 26.3. The highest BCUT2D eigenvalue weighted by Gasteiger charge is 2.60. The average molecular weight is 395 g/mol. The van der Waals surface area contributed by atoms with E-state index < -0.39 is 17.0 Å². The summed E-state index contributed by atoms with van der Waals surface area (Å²) in [6, 6.07) is 18.8. The molecule has 0 heterocycles. The zero-order chi connectivity index (χ0) is 20.9. The number of benzene rings is 2. The van der Waals surface area contributed by atoms with Gasteiger partial charge in [0.2, 0.25) is 0 Å². The lowest BCUT2D eigenvalue weighted by Gasteiger charge is -2.41. The third kappa shape index (κ3) is 4.52. The highest BCUT2D eigenvalue weighted by molar-refractivity contribution is 5.90. The Bertz CT molecular complexity index is 830. The van der Waals surface area contributed by atoms with Crippen LogP contribution in [0.4, 0.5) is 0 Å². The SMILES string of the molecule is CC(C)COC(=O)C1(Cc2ccccc2)CCCC1(C)OC(=O)c1ccccc1. The van der Waals surface area contributed by atoms with E-state index in [2.05, 4.69) is 0 Å². The first-order valence-electron chi connectivity index (χ1n) is 10.4. The molecule has 0 spiro atoms. The molecule has 0 aliphatic heterocycles. The van der Waals surface area contributed by atoms with Crippen LogP contribution in [0.5, 0.6) is 0 Å². The summed E-state index contributed by atoms with van der Waals surface area (Å²) in [5, 5.41) is 0. The number of hydrogen-bond acceptors (Lipinski definition) is 4. The minimum Gasteiger partial charge on any atom is -0.465 e. The van der Waals surface area contributed by atoms with Crippen molar-refractivity contribution in [3.63, 3.8) is 0 Å². The molecule has 1 aliphatic carbocycles. The maximum atomic E-state index is 13.4. The summed E-state index contributed by atoms with van der Waals surface area (Å²) in [6.07, 6.45) is 2.57. The van der Waals surface area contributed by atoms with Gasteiger partial charge in [-0.3, -0.25) is 4.79 Å². The fourth-order valence-electron chi connectivity index (χ4n) is 4.21. The molecule has 4 nitrogen and oxygen atoms in total. The first-order valence-corrected chi connectivity index (χ1v) is 10.4. The largest absolute Gasteiger partial charge is 0.465 e. The Morgan fingerprint density at radius 2 is 1.59 bits per heavy atom. The van der Waals surface area contributed by atoms with E-state index in [1.54, 1.807) is 12.1 Å². The van der Waals surface area contributed by atoms with Crippen molar-refractivity contribution in [3.05, 3.63) is 71.8 Å². The summed E-state index contributed by atoms with van der Waals surface area (Å²) in [6.45, 7) is 6.28. The molecule has 1 saturated carbocycles. The molecule has 2 unspecified atom stereocenters. The molecule has 2 atom stereocenters. The van der Waals surface area contributed by atoms with E-state index in [1.165, 1.54) is 0 Å². The topological polar surface area (TPSA) is 52.6 Å². The van der Waals surface area contributed by atoms with Crippen LogP contribution in [0.25, 0.3) is 0 Å². The second-order valence-corrected chi connectivity index (χ2v) is 8.58. The summed E-state index contributed by atoms with van der Waals surface area (Å²) < 4.78 is 11.8. The second-order valence-electron chi connectivity index (χ2n) is 8.58. The first-order chi connectivity index (χ1) is 13.9. The number of esters is 2. The maximum absolute atomic E-state index is 13.4. The van der Waals surface area contributed by atoms with Crippen LogP contribution in [0.1, 0.15) is 56.0 Å². The molecule has 1 aliphatic rings. The van der Waals surface area contributed by atoms with Crippen LogP contribution >= 0.6 is 0 Å². The Morgan fingerprint density at radius 3 is 2.21 bits per heavy atom. The van der Waals surface area contributed by atoms with Gasteiger partial charge in [-0.2, -0.15) is 0 Å². The van der Waals surface area contributed by atoms with Crippen molar-refractivity contribution in [3.8, 4) is 0 Å². The van der Waals surface area contributed by atoms with E-state index in [-0.39, 0.29) is 11.9 Å². The van der Waals surface area contributed by atoms with Gasteiger partial charge >= 0.3 is 11.9 Å². The lowest BCUT2D eigenvalue weighted by Crippen LogP contribution is -2.52. The first kappa shape index (κ1) is 21.1. The van der Waals surface area contributed by atoms with Crippen molar-refractivity contribution in [1.29, 1.82) is 0 Å². The van der Waals surface area contributed by atoms with E-state index in [9.17, 15) is 9.59 Å². The Morgan fingerprint density at radius 1 is 0.966 bits per heavy atom. The van der Waals surface area contributed by atoms with Gasteiger partial charge in [0.15, 0.2) is 0 Å². The third-order valence-electron chi connectivity index (χ3n) is 5.88. The van der Waals surface area contributed by atoms with E-state index in [0.717, 1.165) is 12.0 Å². The van der Waals surface area contributed by atoms with Crippen molar-refractivity contribution in [2.75, 3.05) is 6.61 Å². The Hall–Kier alpha value is -2.62. The van der Waals surface area contributed by atoms with Crippen LogP contribution in [0.15, 0.2) is 60.7 Å². The van der Waals surface area contributed by atoms with E-state index >= 15 is 0 Å². The molecule has 4 heteroatoms. The molecule has 0 bridgehead atoms. The number of rotatable bonds is 7. The highest BCUT2D eigenvalue weighted by Crippen LogP contribution is 2.52. The van der Waals surface area contributed by atoms with Crippen LogP contribution in [0.3, 0.4) is 0 Å². The predicted octanol–water partition coefficient (Wildman–Crippen LogP) is 5.21. The number of ether oxygens (including phenoxy) is 2. The molecule has 0 radical (unpaired) electrons. The van der Waals surface area contributed by atoms with Crippen LogP contribution in [0, 0.1) is 11.3 Å². The average Bonchev–Trinajstić information content (AvgIpc) is 3.04. The zero-order valence-corrected chi connectivity index (χ0v) is 17.5. The van der Waals surface area contributed by atoms with E-state index in [1.807, 2.05) is 69.3 Å². The van der Waals surface area contributed by atoms with Gasteiger partial charge < -0.3 is 9.47 Å². The molecule has 0 saturated heterocycles. The highest BCUT2D eigenvalue weighted by atomic mass is 16.6. The Balaban J connectivity index is 1.93. The van der Waals surface area contributed by atoms with Gasteiger partial charge in [0, 0.05) is 0 Å².